The lowest BCUT2D eigenvalue weighted by molar-refractivity contribution is 0.239. The molecule has 0 unspecified atom stereocenters. The normalized spacial score (nSPS) is 11.7. The average Bonchev–Trinajstić information content (AvgIpc) is 3.15. The summed E-state index contributed by atoms with van der Waals surface area (Å²) in [5.41, 5.74) is 2.04. The smallest absolute Gasteiger partial charge is 0.315 e. The molecular formula is C19H19N3OS. The maximum absolute atomic E-state index is 12.3. The van der Waals surface area contributed by atoms with Gasteiger partial charge in [-0.1, -0.05) is 36.4 Å². The fraction of sp³-hybridized carbons (Fsp3) is 0.158. The Hall–Kier alpha value is -2.66. The van der Waals surface area contributed by atoms with Crippen LogP contribution < -0.4 is 10.6 Å². The van der Waals surface area contributed by atoms with Crippen molar-refractivity contribution < 1.29 is 4.79 Å². The van der Waals surface area contributed by atoms with Gasteiger partial charge in [0.05, 0.1) is 6.04 Å². The summed E-state index contributed by atoms with van der Waals surface area (Å²) in [6.45, 7) is 0.615. The van der Waals surface area contributed by atoms with Crippen LogP contribution in [0.1, 0.15) is 22.0 Å². The van der Waals surface area contributed by atoms with E-state index in [0.717, 1.165) is 17.5 Å². The van der Waals surface area contributed by atoms with Crippen molar-refractivity contribution >= 4 is 17.4 Å². The molecule has 3 aromatic rings. The number of pyridine rings is 1. The molecule has 1 atom stereocenters. The number of amides is 2. The minimum atomic E-state index is -0.198. The summed E-state index contributed by atoms with van der Waals surface area (Å²) in [5.74, 6) is 0. The summed E-state index contributed by atoms with van der Waals surface area (Å²) < 4.78 is 0. The summed E-state index contributed by atoms with van der Waals surface area (Å²) in [6, 6.07) is 17.5. The molecule has 2 heterocycles. The van der Waals surface area contributed by atoms with E-state index in [0.29, 0.717) is 6.54 Å². The molecular weight excluding hydrogens is 318 g/mol. The van der Waals surface area contributed by atoms with Gasteiger partial charge in [0, 0.05) is 23.8 Å². The number of benzene rings is 1. The molecule has 0 radical (unpaired) electrons. The van der Waals surface area contributed by atoms with Crippen LogP contribution in [0, 0.1) is 0 Å². The first-order chi connectivity index (χ1) is 11.8. The largest absolute Gasteiger partial charge is 0.338 e. The van der Waals surface area contributed by atoms with Crippen molar-refractivity contribution in [1.82, 2.24) is 15.6 Å². The van der Waals surface area contributed by atoms with Crippen molar-refractivity contribution in [2.45, 2.75) is 12.5 Å². The number of hydrogen-bond donors (Lipinski definition) is 2. The van der Waals surface area contributed by atoms with Crippen molar-refractivity contribution in [3.63, 3.8) is 0 Å². The number of urea groups is 1. The van der Waals surface area contributed by atoms with Crippen molar-refractivity contribution in [2.75, 3.05) is 6.54 Å². The SMILES string of the molecule is O=C(NCCc1cccs1)N[C@@H](c1ccccc1)c1ccncc1. The van der Waals surface area contributed by atoms with Crippen LogP contribution in [0.3, 0.4) is 0 Å². The second kappa shape index (κ2) is 8.26. The summed E-state index contributed by atoms with van der Waals surface area (Å²) >= 11 is 1.70. The monoisotopic (exact) mass is 337 g/mol. The Bertz CT molecular complexity index is 705. The van der Waals surface area contributed by atoms with E-state index in [4.69, 9.17) is 0 Å². The van der Waals surface area contributed by atoms with Gasteiger partial charge in [0.2, 0.25) is 0 Å². The number of nitrogens with zero attached hydrogens (tertiary/aromatic N) is 1. The lowest BCUT2D eigenvalue weighted by Gasteiger charge is -2.20. The average molecular weight is 337 g/mol. The molecule has 24 heavy (non-hydrogen) atoms. The third kappa shape index (κ3) is 4.43. The van der Waals surface area contributed by atoms with Crippen molar-refractivity contribution in [3.8, 4) is 0 Å². The first kappa shape index (κ1) is 16.2. The second-order valence-electron chi connectivity index (χ2n) is 5.35. The van der Waals surface area contributed by atoms with Gasteiger partial charge in [-0.05, 0) is 41.1 Å². The number of aromatic nitrogens is 1. The van der Waals surface area contributed by atoms with Gasteiger partial charge in [0.1, 0.15) is 0 Å². The predicted molar refractivity (Wildman–Crippen MR) is 97.1 cm³/mol. The minimum absolute atomic E-state index is 0.169. The molecule has 1 aromatic carbocycles. The zero-order chi connectivity index (χ0) is 16.6. The Balaban J connectivity index is 1.64. The van der Waals surface area contributed by atoms with Gasteiger partial charge < -0.3 is 10.6 Å². The van der Waals surface area contributed by atoms with Gasteiger partial charge in [-0.2, -0.15) is 0 Å². The highest BCUT2D eigenvalue weighted by Gasteiger charge is 2.16. The highest BCUT2D eigenvalue weighted by molar-refractivity contribution is 7.09. The maximum Gasteiger partial charge on any atom is 0.315 e. The Morgan fingerprint density at radius 1 is 1.00 bits per heavy atom. The molecule has 2 N–H and O–H groups in total. The molecule has 5 heteroatoms. The molecule has 0 fully saturated rings. The number of carbonyl (C=O) groups is 1. The van der Waals surface area contributed by atoms with Gasteiger partial charge in [0.15, 0.2) is 0 Å². The molecule has 2 amide bonds. The van der Waals surface area contributed by atoms with E-state index in [-0.39, 0.29) is 12.1 Å². The Morgan fingerprint density at radius 2 is 1.75 bits per heavy atom. The summed E-state index contributed by atoms with van der Waals surface area (Å²) in [4.78, 5) is 17.6. The van der Waals surface area contributed by atoms with Crippen LogP contribution in [-0.4, -0.2) is 17.6 Å². The first-order valence-electron chi connectivity index (χ1n) is 7.84. The molecule has 0 bridgehead atoms. The lowest BCUT2D eigenvalue weighted by atomic mass is 10.00. The molecule has 0 aliphatic heterocycles. The van der Waals surface area contributed by atoms with E-state index in [1.807, 2.05) is 53.9 Å². The van der Waals surface area contributed by atoms with Crippen LogP contribution >= 0.6 is 11.3 Å². The summed E-state index contributed by atoms with van der Waals surface area (Å²) in [5, 5.41) is 8.03. The second-order valence-corrected chi connectivity index (χ2v) is 6.39. The zero-order valence-corrected chi connectivity index (χ0v) is 14.0. The standard InChI is InChI=1S/C19H19N3OS/c23-19(21-13-10-17-7-4-14-24-17)22-18(15-5-2-1-3-6-15)16-8-11-20-12-9-16/h1-9,11-12,14,18H,10,13H2,(H2,21,22,23)/t18-/m0/s1. The number of hydrogen-bond acceptors (Lipinski definition) is 3. The van der Waals surface area contributed by atoms with Gasteiger partial charge in [-0.25, -0.2) is 4.79 Å². The third-order valence-corrected chi connectivity index (χ3v) is 4.62. The molecule has 0 saturated carbocycles. The molecule has 0 saturated heterocycles. The quantitative estimate of drug-likeness (QED) is 0.719. The van der Waals surface area contributed by atoms with E-state index in [1.165, 1.54) is 4.88 Å². The topological polar surface area (TPSA) is 54.0 Å². The predicted octanol–water partition coefficient (Wildman–Crippen LogP) is 3.77. The van der Waals surface area contributed by atoms with E-state index < -0.39 is 0 Å². The summed E-state index contributed by atoms with van der Waals surface area (Å²) in [7, 11) is 0. The zero-order valence-electron chi connectivity index (χ0n) is 13.2. The van der Waals surface area contributed by atoms with Crippen molar-refractivity contribution in [3.05, 3.63) is 88.4 Å². The highest BCUT2D eigenvalue weighted by atomic mass is 32.1. The minimum Gasteiger partial charge on any atom is -0.338 e. The van der Waals surface area contributed by atoms with Crippen LogP contribution in [0.5, 0.6) is 0 Å². The van der Waals surface area contributed by atoms with Gasteiger partial charge in [-0.3, -0.25) is 4.98 Å². The third-order valence-electron chi connectivity index (χ3n) is 3.68. The van der Waals surface area contributed by atoms with E-state index in [9.17, 15) is 4.79 Å². The molecule has 4 nitrogen and oxygen atoms in total. The maximum atomic E-state index is 12.3. The fourth-order valence-electron chi connectivity index (χ4n) is 2.50. The fourth-order valence-corrected chi connectivity index (χ4v) is 3.21. The molecule has 0 aliphatic rings. The van der Waals surface area contributed by atoms with Crippen molar-refractivity contribution in [1.29, 1.82) is 0 Å². The Labute approximate surface area is 145 Å². The van der Waals surface area contributed by atoms with Crippen LogP contribution in [0.15, 0.2) is 72.4 Å². The van der Waals surface area contributed by atoms with Crippen LogP contribution in [0.25, 0.3) is 0 Å². The van der Waals surface area contributed by atoms with Gasteiger partial charge >= 0.3 is 6.03 Å². The van der Waals surface area contributed by atoms with Gasteiger partial charge in [0.25, 0.3) is 0 Å². The van der Waals surface area contributed by atoms with Crippen LogP contribution in [0.2, 0.25) is 0 Å². The number of rotatable bonds is 6. The highest BCUT2D eigenvalue weighted by Crippen LogP contribution is 2.21. The first-order valence-corrected chi connectivity index (χ1v) is 8.72. The number of thiophene rings is 1. The van der Waals surface area contributed by atoms with E-state index in [1.54, 1.807) is 23.7 Å². The number of carbonyl (C=O) groups excluding carboxylic acids is 1. The van der Waals surface area contributed by atoms with E-state index in [2.05, 4.69) is 21.7 Å². The lowest BCUT2D eigenvalue weighted by Crippen LogP contribution is -2.39. The number of nitrogens with one attached hydrogen (secondary N) is 2. The Morgan fingerprint density at radius 3 is 2.46 bits per heavy atom. The molecule has 0 spiro atoms. The Kier molecular flexibility index (Phi) is 5.58. The molecule has 3 rings (SSSR count). The summed E-state index contributed by atoms with van der Waals surface area (Å²) in [6.07, 6.45) is 4.32. The van der Waals surface area contributed by atoms with Gasteiger partial charge in [-0.15, -0.1) is 11.3 Å². The molecule has 0 aliphatic carbocycles. The van der Waals surface area contributed by atoms with Crippen molar-refractivity contribution in [2.24, 2.45) is 0 Å². The molecule has 2 aromatic heterocycles. The van der Waals surface area contributed by atoms with Crippen LogP contribution in [0.4, 0.5) is 4.79 Å². The molecule has 122 valence electrons. The van der Waals surface area contributed by atoms with E-state index >= 15 is 0 Å². The van der Waals surface area contributed by atoms with Crippen LogP contribution in [-0.2, 0) is 6.42 Å².